The van der Waals surface area contributed by atoms with E-state index in [9.17, 15) is 4.79 Å². The van der Waals surface area contributed by atoms with Crippen LogP contribution in [0, 0.1) is 0 Å². The van der Waals surface area contributed by atoms with Crippen molar-refractivity contribution in [3.8, 4) is 0 Å². The van der Waals surface area contributed by atoms with Crippen LogP contribution in [-0.4, -0.2) is 23.2 Å². The number of hydrogen-bond donors (Lipinski definition) is 3. The number of hydrazine groups is 1. The van der Waals surface area contributed by atoms with Crippen molar-refractivity contribution in [1.82, 2.24) is 10.7 Å². The summed E-state index contributed by atoms with van der Waals surface area (Å²) in [6.07, 6.45) is 0. The molecule has 0 atom stereocenters. The van der Waals surface area contributed by atoms with Gasteiger partial charge in [-0.25, -0.2) is 4.79 Å². The number of ether oxygens (including phenoxy) is 1. The fourth-order valence-corrected chi connectivity index (χ4v) is 2.19. The highest BCUT2D eigenvalue weighted by Crippen LogP contribution is 2.06. The maximum atomic E-state index is 11.4. The quantitative estimate of drug-likeness (QED) is 0.447. The number of benzene rings is 2. The summed E-state index contributed by atoms with van der Waals surface area (Å²) in [5.74, 6) is -0.389. The van der Waals surface area contributed by atoms with Gasteiger partial charge in [-0.15, -0.1) is 0 Å². The molecular formula is C16H15N3O2S2. The zero-order chi connectivity index (χ0) is 16.7. The number of esters is 1. The van der Waals surface area contributed by atoms with Crippen molar-refractivity contribution in [3.63, 3.8) is 0 Å². The van der Waals surface area contributed by atoms with Crippen LogP contribution in [0.5, 0.6) is 0 Å². The largest absolute Gasteiger partial charge is 0.465 e. The van der Waals surface area contributed by atoms with Crippen LogP contribution < -0.4 is 16.2 Å². The summed E-state index contributed by atoms with van der Waals surface area (Å²) >= 11 is 10.5. The summed E-state index contributed by atoms with van der Waals surface area (Å²) in [4.78, 5) is 11.8. The number of methoxy groups -OCH3 is 1. The standard InChI is InChI=1S/C16H15N3O2S2/c1-21-15(20)12-9-7-11(8-10-12)14(22)17-16(23)19-18-13-5-3-2-4-6-13/h2-10,18H,1H3,(H2,17,19,22,23). The smallest absolute Gasteiger partial charge is 0.337 e. The van der Waals surface area contributed by atoms with Crippen molar-refractivity contribution in [2.75, 3.05) is 12.5 Å². The number of nitrogens with one attached hydrogen (secondary N) is 3. The Kier molecular flexibility index (Phi) is 6.02. The lowest BCUT2D eigenvalue weighted by Gasteiger charge is -2.13. The molecule has 0 aromatic heterocycles. The van der Waals surface area contributed by atoms with Gasteiger partial charge in [0.05, 0.1) is 18.4 Å². The normalized spacial score (nSPS) is 9.61. The van der Waals surface area contributed by atoms with Gasteiger partial charge in [-0.2, -0.15) is 0 Å². The molecule has 0 aliphatic carbocycles. The SMILES string of the molecule is COC(=O)c1ccc(C(=S)NC(=S)NNc2ccccc2)cc1. The second-order valence-corrected chi connectivity index (χ2v) is 5.28. The molecule has 3 N–H and O–H groups in total. The molecule has 7 heteroatoms. The summed E-state index contributed by atoms with van der Waals surface area (Å²) in [5.41, 5.74) is 7.90. The number of carbonyl (C=O) groups is 1. The lowest BCUT2D eigenvalue weighted by molar-refractivity contribution is 0.0600. The number of hydrogen-bond acceptors (Lipinski definition) is 5. The zero-order valence-corrected chi connectivity index (χ0v) is 14.0. The number of thiocarbonyl (C=S) groups is 2. The van der Waals surface area contributed by atoms with E-state index in [1.165, 1.54) is 7.11 Å². The third-order valence-corrected chi connectivity index (χ3v) is 3.43. The van der Waals surface area contributed by atoms with Crippen molar-refractivity contribution in [2.45, 2.75) is 0 Å². The molecule has 118 valence electrons. The minimum atomic E-state index is -0.389. The van der Waals surface area contributed by atoms with Crippen LogP contribution in [0.4, 0.5) is 5.69 Å². The molecule has 0 spiro atoms. The van der Waals surface area contributed by atoms with Gasteiger partial charge in [-0.1, -0.05) is 42.5 Å². The Labute approximate surface area is 145 Å². The highest BCUT2D eigenvalue weighted by atomic mass is 32.1. The predicted molar refractivity (Wildman–Crippen MR) is 98.4 cm³/mol. The van der Waals surface area contributed by atoms with Crippen LogP contribution in [0.3, 0.4) is 0 Å². The molecule has 0 saturated heterocycles. The van der Waals surface area contributed by atoms with Crippen molar-refractivity contribution in [2.24, 2.45) is 0 Å². The lowest BCUT2D eigenvalue weighted by atomic mass is 10.1. The lowest BCUT2D eigenvalue weighted by Crippen LogP contribution is -2.41. The fourth-order valence-electron chi connectivity index (χ4n) is 1.73. The summed E-state index contributed by atoms with van der Waals surface area (Å²) in [5, 5.41) is 3.25. The molecule has 0 saturated carbocycles. The molecule has 0 bridgehead atoms. The Morgan fingerprint density at radius 1 is 0.957 bits per heavy atom. The molecule has 2 rings (SSSR count). The van der Waals surface area contributed by atoms with Gasteiger partial charge in [0.1, 0.15) is 4.99 Å². The molecule has 2 aromatic rings. The van der Waals surface area contributed by atoms with Crippen LogP contribution in [0.2, 0.25) is 0 Å². The minimum Gasteiger partial charge on any atom is -0.465 e. The molecule has 0 unspecified atom stereocenters. The number of carbonyl (C=O) groups excluding carboxylic acids is 1. The average molecular weight is 345 g/mol. The first-order valence-electron chi connectivity index (χ1n) is 6.71. The van der Waals surface area contributed by atoms with E-state index < -0.39 is 0 Å². The van der Waals surface area contributed by atoms with Crippen LogP contribution in [0.1, 0.15) is 15.9 Å². The maximum absolute atomic E-state index is 11.4. The average Bonchev–Trinajstić information content (AvgIpc) is 2.60. The molecule has 0 radical (unpaired) electrons. The van der Waals surface area contributed by atoms with Gasteiger partial charge in [0.25, 0.3) is 0 Å². The van der Waals surface area contributed by atoms with Crippen molar-refractivity contribution in [1.29, 1.82) is 0 Å². The van der Waals surface area contributed by atoms with E-state index in [-0.39, 0.29) is 5.97 Å². The fraction of sp³-hybridized carbons (Fsp3) is 0.0625. The second kappa shape index (κ2) is 8.21. The Morgan fingerprint density at radius 3 is 2.17 bits per heavy atom. The molecule has 0 fully saturated rings. The summed E-state index contributed by atoms with van der Waals surface area (Å²) in [6.45, 7) is 0. The predicted octanol–water partition coefficient (Wildman–Crippen LogP) is 2.64. The summed E-state index contributed by atoms with van der Waals surface area (Å²) < 4.78 is 4.65. The Bertz CT molecular complexity index is 703. The monoisotopic (exact) mass is 345 g/mol. The molecule has 2 aromatic carbocycles. The Morgan fingerprint density at radius 2 is 1.57 bits per heavy atom. The second-order valence-electron chi connectivity index (χ2n) is 4.47. The van der Waals surface area contributed by atoms with Crippen molar-refractivity contribution >= 4 is 46.2 Å². The molecule has 0 aliphatic rings. The van der Waals surface area contributed by atoms with E-state index in [4.69, 9.17) is 24.4 Å². The summed E-state index contributed by atoms with van der Waals surface area (Å²) in [6, 6.07) is 16.3. The molecule has 0 aliphatic heterocycles. The maximum Gasteiger partial charge on any atom is 0.337 e. The highest BCUT2D eigenvalue weighted by Gasteiger charge is 2.07. The Balaban J connectivity index is 1.88. The highest BCUT2D eigenvalue weighted by molar-refractivity contribution is 7.82. The summed E-state index contributed by atoms with van der Waals surface area (Å²) in [7, 11) is 1.34. The topological polar surface area (TPSA) is 62.4 Å². The number of anilines is 1. The van der Waals surface area contributed by atoms with Gasteiger partial charge < -0.3 is 10.1 Å². The van der Waals surface area contributed by atoms with E-state index in [1.807, 2.05) is 30.3 Å². The van der Waals surface area contributed by atoms with Gasteiger partial charge in [0.15, 0.2) is 5.11 Å². The number of rotatable bonds is 4. The van der Waals surface area contributed by atoms with E-state index in [2.05, 4.69) is 20.9 Å². The van der Waals surface area contributed by atoms with E-state index in [1.54, 1.807) is 24.3 Å². The van der Waals surface area contributed by atoms with Gasteiger partial charge >= 0.3 is 5.97 Å². The van der Waals surface area contributed by atoms with E-state index >= 15 is 0 Å². The van der Waals surface area contributed by atoms with Crippen molar-refractivity contribution < 1.29 is 9.53 Å². The number of para-hydroxylation sites is 1. The van der Waals surface area contributed by atoms with Gasteiger partial charge in [0.2, 0.25) is 0 Å². The molecule has 0 amide bonds. The van der Waals surface area contributed by atoms with Crippen molar-refractivity contribution in [3.05, 3.63) is 65.7 Å². The Hall–Kier alpha value is -2.51. The van der Waals surface area contributed by atoms with E-state index in [0.29, 0.717) is 15.7 Å². The first-order chi connectivity index (χ1) is 11.1. The molecular weight excluding hydrogens is 330 g/mol. The van der Waals surface area contributed by atoms with Gasteiger partial charge in [-0.05, 0) is 36.5 Å². The first-order valence-corrected chi connectivity index (χ1v) is 7.52. The zero-order valence-electron chi connectivity index (χ0n) is 12.3. The minimum absolute atomic E-state index is 0.343. The third-order valence-electron chi connectivity index (χ3n) is 2.89. The van der Waals surface area contributed by atoms with E-state index in [0.717, 1.165) is 11.3 Å². The van der Waals surface area contributed by atoms with Gasteiger partial charge in [-0.3, -0.25) is 10.9 Å². The van der Waals surface area contributed by atoms with Crippen LogP contribution in [0.25, 0.3) is 0 Å². The molecule has 5 nitrogen and oxygen atoms in total. The van der Waals surface area contributed by atoms with Gasteiger partial charge in [0, 0.05) is 5.56 Å². The first kappa shape index (κ1) is 16.9. The van der Waals surface area contributed by atoms with Crippen LogP contribution in [0.15, 0.2) is 54.6 Å². The van der Waals surface area contributed by atoms with Crippen LogP contribution >= 0.6 is 24.4 Å². The third kappa shape index (κ3) is 5.01. The molecule has 0 heterocycles. The van der Waals surface area contributed by atoms with Crippen LogP contribution in [-0.2, 0) is 4.74 Å². The molecule has 23 heavy (non-hydrogen) atoms.